The summed E-state index contributed by atoms with van der Waals surface area (Å²) >= 11 is 0. The van der Waals surface area contributed by atoms with Gasteiger partial charge in [0, 0.05) is 26.2 Å². The number of nitrogens with one attached hydrogen (secondary N) is 3. The lowest BCUT2D eigenvalue weighted by atomic mass is 10.1. The Morgan fingerprint density at radius 2 is 2.07 bits per heavy atom. The second-order valence-electron chi connectivity index (χ2n) is 6.05. The molecule has 3 heterocycles. The van der Waals surface area contributed by atoms with E-state index in [2.05, 4.69) is 16.0 Å². The summed E-state index contributed by atoms with van der Waals surface area (Å²) in [6.45, 7) is 2.61. The SMILES string of the molecule is CCN1CCN(C(=O)NC(C(=O)NC2CNC2=O)c2ccco2)C(=O)C1=O. The quantitative estimate of drug-likeness (QED) is 0.414. The first kappa shape index (κ1) is 18.4. The molecule has 0 bridgehead atoms. The minimum atomic E-state index is -1.26. The molecular formula is C16H19N5O6. The Balaban J connectivity index is 1.71. The molecule has 27 heavy (non-hydrogen) atoms. The van der Waals surface area contributed by atoms with Crippen LogP contribution in [0.5, 0.6) is 0 Å². The van der Waals surface area contributed by atoms with E-state index in [0.717, 1.165) is 4.90 Å². The fourth-order valence-electron chi connectivity index (χ4n) is 2.75. The third-order valence-corrected chi connectivity index (χ3v) is 4.41. The van der Waals surface area contributed by atoms with Crippen molar-refractivity contribution in [2.45, 2.75) is 19.0 Å². The van der Waals surface area contributed by atoms with E-state index < -0.39 is 35.8 Å². The third-order valence-electron chi connectivity index (χ3n) is 4.41. The third kappa shape index (κ3) is 3.61. The predicted octanol–water partition coefficient (Wildman–Crippen LogP) is -1.66. The van der Waals surface area contributed by atoms with Crippen molar-refractivity contribution in [2.75, 3.05) is 26.2 Å². The molecule has 11 nitrogen and oxygen atoms in total. The van der Waals surface area contributed by atoms with E-state index in [0.29, 0.717) is 6.54 Å². The highest BCUT2D eigenvalue weighted by molar-refractivity contribution is 6.38. The Hall–Kier alpha value is -3.37. The normalized spacial score (nSPS) is 20.6. The van der Waals surface area contributed by atoms with Crippen LogP contribution in [-0.2, 0) is 19.2 Å². The Morgan fingerprint density at radius 1 is 1.30 bits per heavy atom. The van der Waals surface area contributed by atoms with E-state index in [1.807, 2.05) is 0 Å². The van der Waals surface area contributed by atoms with E-state index in [1.54, 1.807) is 6.92 Å². The van der Waals surface area contributed by atoms with Crippen molar-refractivity contribution in [1.29, 1.82) is 0 Å². The number of urea groups is 1. The van der Waals surface area contributed by atoms with Crippen LogP contribution in [0.2, 0.25) is 0 Å². The number of furan rings is 1. The lowest BCUT2D eigenvalue weighted by molar-refractivity contribution is -0.153. The molecule has 2 aliphatic heterocycles. The number of hydrogen-bond donors (Lipinski definition) is 3. The van der Waals surface area contributed by atoms with Crippen molar-refractivity contribution in [3.05, 3.63) is 24.2 Å². The van der Waals surface area contributed by atoms with E-state index in [-0.39, 0.29) is 31.3 Å². The highest BCUT2D eigenvalue weighted by Gasteiger charge is 2.38. The molecule has 0 radical (unpaired) electrons. The second-order valence-corrected chi connectivity index (χ2v) is 6.05. The summed E-state index contributed by atoms with van der Waals surface area (Å²) in [5.74, 6) is -2.60. The van der Waals surface area contributed by atoms with Crippen molar-refractivity contribution in [1.82, 2.24) is 25.8 Å². The van der Waals surface area contributed by atoms with Crippen LogP contribution < -0.4 is 16.0 Å². The van der Waals surface area contributed by atoms with Crippen LogP contribution in [0.3, 0.4) is 0 Å². The van der Waals surface area contributed by atoms with Gasteiger partial charge >= 0.3 is 17.8 Å². The summed E-state index contributed by atoms with van der Waals surface area (Å²) < 4.78 is 5.19. The largest absolute Gasteiger partial charge is 0.467 e. The molecule has 0 aliphatic carbocycles. The first-order chi connectivity index (χ1) is 12.9. The Morgan fingerprint density at radius 3 is 2.63 bits per heavy atom. The van der Waals surface area contributed by atoms with Gasteiger partial charge in [0.2, 0.25) is 5.91 Å². The predicted molar refractivity (Wildman–Crippen MR) is 88.9 cm³/mol. The van der Waals surface area contributed by atoms with Gasteiger partial charge in [-0.3, -0.25) is 24.1 Å². The topological polar surface area (TPSA) is 141 Å². The summed E-state index contributed by atoms with van der Waals surface area (Å²) in [4.78, 5) is 62.6. The van der Waals surface area contributed by atoms with Gasteiger partial charge in [0.15, 0.2) is 6.04 Å². The second kappa shape index (κ2) is 7.48. The average molecular weight is 377 g/mol. The van der Waals surface area contributed by atoms with E-state index in [1.165, 1.54) is 23.3 Å². The molecule has 2 atom stereocenters. The molecule has 1 aromatic rings. The molecule has 0 saturated carbocycles. The minimum absolute atomic E-state index is 0.0156. The van der Waals surface area contributed by atoms with Crippen LogP contribution in [0.1, 0.15) is 18.7 Å². The molecule has 2 fully saturated rings. The Bertz CT molecular complexity index is 776. The number of imide groups is 1. The van der Waals surface area contributed by atoms with E-state index >= 15 is 0 Å². The molecule has 2 unspecified atom stereocenters. The smallest absolute Gasteiger partial charge is 0.325 e. The maximum atomic E-state index is 12.5. The number of carbonyl (C=O) groups is 5. The molecular weight excluding hydrogens is 358 g/mol. The highest BCUT2D eigenvalue weighted by atomic mass is 16.3. The van der Waals surface area contributed by atoms with Crippen LogP contribution in [0.4, 0.5) is 4.79 Å². The molecule has 3 N–H and O–H groups in total. The van der Waals surface area contributed by atoms with Gasteiger partial charge in [-0.1, -0.05) is 0 Å². The van der Waals surface area contributed by atoms with Crippen LogP contribution in [0, 0.1) is 0 Å². The van der Waals surface area contributed by atoms with Crippen LogP contribution in [-0.4, -0.2) is 71.7 Å². The van der Waals surface area contributed by atoms with Crippen LogP contribution >= 0.6 is 0 Å². The first-order valence-electron chi connectivity index (χ1n) is 8.45. The summed E-state index contributed by atoms with van der Waals surface area (Å²) in [6.07, 6.45) is 1.33. The van der Waals surface area contributed by atoms with E-state index in [9.17, 15) is 24.0 Å². The van der Waals surface area contributed by atoms with Crippen molar-refractivity contribution in [3.63, 3.8) is 0 Å². The Labute approximate surface area is 154 Å². The average Bonchev–Trinajstić information content (AvgIpc) is 3.19. The number of nitrogens with zero attached hydrogens (tertiary/aromatic N) is 2. The van der Waals surface area contributed by atoms with Crippen molar-refractivity contribution >= 4 is 29.7 Å². The first-order valence-corrected chi connectivity index (χ1v) is 8.45. The molecule has 144 valence electrons. The fraction of sp³-hybridized carbons (Fsp3) is 0.438. The lowest BCUT2D eigenvalue weighted by Crippen LogP contribution is -2.63. The molecule has 11 heteroatoms. The zero-order chi connectivity index (χ0) is 19.6. The van der Waals surface area contributed by atoms with Crippen LogP contribution in [0.25, 0.3) is 0 Å². The van der Waals surface area contributed by atoms with Crippen LogP contribution in [0.15, 0.2) is 22.8 Å². The van der Waals surface area contributed by atoms with Gasteiger partial charge in [-0.25, -0.2) is 4.79 Å². The zero-order valence-corrected chi connectivity index (χ0v) is 14.6. The van der Waals surface area contributed by atoms with Crippen molar-refractivity contribution in [2.24, 2.45) is 0 Å². The summed E-state index contributed by atoms with van der Waals surface area (Å²) in [6, 6.07) is 0.176. The van der Waals surface area contributed by atoms with Gasteiger partial charge in [-0.2, -0.15) is 0 Å². The number of β-lactam (4-membered cyclic amide) rings is 1. The van der Waals surface area contributed by atoms with Gasteiger partial charge in [-0.05, 0) is 19.1 Å². The van der Waals surface area contributed by atoms with Gasteiger partial charge < -0.3 is 25.3 Å². The lowest BCUT2D eigenvalue weighted by Gasteiger charge is -2.33. The Kier molecular flexibility index (Phi) is 5.10. The molecule has 6 amide bonds. The number of likely N-dealkylation sites (N-methyl/N-ethyl adjacent to an activating group) is 1. The maximum absolute atomic E-state index is 12.5. The monoisotopic (exact) mass is 377 g/mol. The zero-order valence-electron chi connectivity index (χ0n) is 14.6. The number of carbonyl (C=O) groups excluding carboxylic acids is 5. The maximum Gasteiger partial charge on any atom is 0.325 e. The van der Waals surface area contributed by atoms with Gasteiger partial charge in [0.1, 0.15) is 11.8 Å². The van der Waals surface area contributed by atoms with E-state index in [4.69, 9.17) is 4.42 Å². The number of piperazine rings is 1. The fourth-order valence-corrected chi connectivity index (χ4v) is 2.75. The molecule has 0 aromatic carbocycles. The van der Waals surface area contributed by atoms with Gasteiger partial charge in [0.25, 0.3) is 5.91 Å². The van der Waals surface area contributed by atoms with Crippen molar-refractivity contribution < 1.29 is 28.4 Å². The van der Waals surface area contributed by atoms with Gasteiger partial charge in [0.05, 0.1) is 6.26 Å². The number of hydrogen-bond acceptors (Lipinski definition) is 6. The molecule has 2 saturated heterocycles. The summed E-state index contributed by atoms with van der Waals surface area (Å²) in [7, 11) is 0. The summed E-state index contributed by atoms with van der Waals surface area (Å²) in [5.41, 5.74) is 0. The highest BCUT2D eigenvalue weighted by Crippen LogP contribution is 2.16. The standard InChI is InChI=1S/C16H19N5O6/c1-2-20-5-6-21(15(25)14(20)24)16(26)19-11(10-4-3-7-27-10)13(23)18-9-8-17-12(9)22/h3-4,7,9,11H,2,5-6,8H2,1H3,(H,17,22)(H,18,23)(H,19,26). The summed E-state index contributed by atoms with van der Waals surface area (Å²) in [5, 5.41) is 7.38. The van der Waals surface area contributed by atoms with Gasteiger partial charge in [-0.15, -0.1) is 0 Å². The minimum Gasteiger partial charge on any atom is -0.467 e. The molecule has 1 aromatic heterocycles. The number of rotatable bonds is 5. The molecule has 3 rings (SSSR count). The molecule has 0 spiro atoms. The number of amides is 6. The molecule has 2 aliphatic rings. The van der Waals surface area contributed by atoms with Crippen molar-refractivity contribution in [3.8, 4) is 0 Å².